The summed E-state index contributed by atoms with van der Waals surface area (Å²) in [6, 6.07) is 5.74. The molecule has 2 atom stereocenters. The van der Waals surface area contributed by atoms with E-state index < -0.39 is 63.6 Å². The molecule has 0 aliphatic carbocycles. The van der Waals surface area contributed by atoms with Crippen molar-refractivity contribution in [3.05, 3.63) is 58.4 Å². The average Bonchev–Trinajstić information content (AvgIpc) is 2.87. The maximum Gasteiger partial charge on any atom is 0.305 e. The van der Waals surface area contributed by atoms with Crippen LogP contribution >= 0.6 is 23.4 Å². The lowest BCUT2D eigenvalue weighted by Gasteiger charge is -2.25. The Morgan fingerprint density at radius 3 is 2.37 bits per heavy atom. The predicted octanol–water partition coefficient (Wildman–Crippen LogP) is 3.04. The monoisotopic (exact) mass is 630 g/mol. The van der Waals surface area contributed by atoms with Crippen LogP contribution in [0.15, 0.2) is 41.3 Å². The molecule has 0 aliphatic rings. The number of thioether (sulfide) groups is 1. The largest absolute Gasteiger partial charge is 0.496 e. The highest BCUT2D eigenvalue weighted by atomic mass is 35.5. The van der Waals surface area contributed by atoms with E-state index in [0.29, 0.717) is 0 Å². The van der Waals surface area contributed by atoms with E-state index in [1.807, 2.05) is 0 Å². The van der Waals surface area contributed by atoms with E-state index >= 15 is 0 Å². The summed E-state index contributed by atoms with van der Waals surface area (Å²) in [5.74, 6) is -4.21. The number of hydrogen-bond acceptors (Lipinski definition) is 8. The van der Waals surface area contributed by atoms with Gasteiger partial charge < -0.3 is 20.5 Å². The Labute approximate surface area is 247 Å². The van der Waals surface area contributed by atoms with E-state index in [1.165, 1.54) is 43.5 Å². The standard InChI is InChI=1S/C27H32ClFN2O8S2/c1-15(2)26(31-24(33)11-16-10-17(41(4,37)38)8-9-23(16)39-3)27(36)30-21(12-25(34)35)22(32)14-40-13-18-19(28)6-5-7-20(18)29/h5-10,15,21,26H,11-14H2,1-4H3,(H,30,36)(H,31,33)(H,34,35). The maximum atomic E-state index is 14.0. The lowest BCUT2D eigenvalue weighted by atomic mass is 10.0. The van der Waals surface area contributed by atoms with Crippen LogP contribution in [0, 0.1) is 11.7 Å². The number of rotatable bonds is 15. The van der Waals surface area contributed by atoms with Gasteiger partial charge in [0.25, 0.3) is 0 Å². The molecule has 2 aromatic rings. The van der Waals surface area contributed by atoms with Gasteiger partial charge in [-0.05, 0) is 36.2 Å². The van der Waals surface area contributed by atoms with Gasteiger partial charge in [-0.25, -0.2) is 12.8 Å². The van der Waals surface area contributed by atoms with Gasteiger partial charge in [0.05, 0.1) is 36.6 Å². The Hall–Kier alpha value is -3.16. The number of halogens is 2. The van der Waals surface area contributed by atoms with Gasteiger partial charge in [0.15, 0.2) is 15.6 Å². The van der Waals surface area contributed by atoms with Gasteiger partial charge in [0, 0.05) is 28.2 Å². The van der Waals surface area contributed by atoms with Crippen molar-refractivity contribution >= 4 is 56.8 Å². The molecule has 224 valence electrons. The summed E-state index contributed by atoms with van der Waals surface area (Å²) in [6.45, 7) is 3.30. The summed E-state index contributed by atoms with van der Waals surface area (Å²) in [5, 5.41) is 14.5. The van der Waals surface area contributed by atoms with E-state index in [4.69, 9.17) is 16.3 Å². The number of ether oxygens (including phenoxy) is 1. The zero-order valence-corrected chi connectivity index (χ0v) is 25.3. The van der Waals surface area contributed by atoms with Gasteiger partial charge in [-0.15, -0.1) is 11.8 Å². The van der Waals surface area contributed by atoms with Gasteiger partial charge in [-0.1, -0.05) is 31.5 Å². The third-order valence-electron chi connectivity index (χ3n) is 5.93. The van der Waals surface area contributed by atoms with Crippen LogP contribution in [0.1, 0.15) is 31.4 Å². The Morgan fingerprint density at radius 1 is 1.12 bits per heavy atom. The number of carboxylic acid groups (broad SMARTS) is 1. The van der Waals surface area contributed by atoms with Crippen molar-refractivity contribution in [1.29, 1.82) is 0 Å². The maximum absolute atomic E-state index is 14.0. The molecule has 0 aliphatic heterocycles. The number of carbonyl (C=O) groups excluding carboxylic acids is 3. The first-order valence-electron chi connectivity index (χ1n) is 12.4. The number of hydrogen-bond donors (Lipinski definition) is 3. The first-order chi connectivity index (χ1) is 19.1. The van der Waals surface area contributed by atoms with E-state index in [-0.39, 0.29) is 44.7 Å². The number of methoxy groups -OCH3 is 1. The van der Waals surface area contributed by atoms with Crippen LogP contribution in [0.4, 0.5) is 4.39 Å². The smallest absolute Gasteiger partial charge is 0.305 e. The highest BCUT2D eigenvalue weighted by Crippen LogP contribution is 2.25. The summed E-state index contributed by atoms with van der Waals surface area (Å²) < 4.78 is 43.1. The fourth-order valence-corrected chi connectivity index (χ4v) is 5.74. The van der Waals surface area contributed by atoms with Crippen LogP contribution < -0.4 is 15.4 Å². The highest BCUT2D eigenvalue weighted by molar-refractivity contribution is 7.99. The van der Waals surface area contributed by atoms with Crippen molar-refractivity contribution in [2.45, 2.75) is 49.4 Å². The minimum Gasteiger partial charge on any atom is -0.496 e. The number of carboxylic acids is 1. The lowest BCUT2D eigenvalue weighted by Crippen LogP contribution is -2.54. The number of benzene rings is 2. The Kier molecular flexibility index (Phi) is 12.6. The first kappa shape index (κ1) is 34.0. The van der Waals surface area contributed by atoms with E-state index in [1.54, 1.807) is 13.8 Å². The third-order valence-corrected chi connectivity index (χ3v) is 8.38. The van der Waals surface area contributed by atoms with Gasteiger partial charge in [0.2, 0.25) is 11.8 Å². The molecule has 3 N–H and O–H groups in total. The normalized spacial score (nSPS) is 12.9. The number of nitrogens with one attached hydrogen (secondary N) is 2. The topological polar surface area (TPSA) is 156 Å². The minimum absolute atomic E-state index is 0.00980. The molecular weight excluding hydrogens is 599 g/mol. The molecular formula is C27H32ClFN2O8S2. The Balaban J connectivity index is 2.12. The molecule has 0 spiro atoms. The molecule has 41 heavy (non-hydrogen) atoms. The van der Waals surface area contributed by atoms with Crippen LogP contribution in [0.25, 0.3) is 0 Å². The lowest BCUT2D eigenvalue weighted by molar-refractivity contribution is -0.140. The number of amides is 2. The minimum atomic E-state index is -3.55. The number of carbonyl (C=O) groups is 4. The predicted molar refractivity (Wildman–Crippen MR) is 153 cm³/mol. The van der Waals surface area contributed by atoms with Crippen LogP contribution in [0.5, 0.6) is 5.75 Å². The van der Waals surface area contributed by atoms with Gasteiger partial charge in [0.1, 0.15) is 17.6 Å². The number of Topliss-reactive ketones (excluding diaryl/α,β-unsaturated/α-hetero) is 1. The molecule has 10 nitrogen and oxygen atoms in total. The summed E-state index contributed by atoms with van der Waals surface area (Å²) in [7, 11) is -2.19. The molecule has 0 bridgehead atoms. The highest BCUT2D eigenvalue weighted by Gasteiger charge is 2.30. The molecule has 0 saturated heterocycles. The molecule has 0 aromatic heterocycles. The van der Waals surface area contributed by atoms with E-state index in [9.17, 15) is 37.1 Å². The van der Waals surface area contributed by atoms with Crippen LogP contribution in [-0.2, 0) is 41.2 Å². The molecule has 0 heterocycles. The molecule has 0 radical (unpaired) electrons. The third kappa shape index (κ3) is 10.3. The van der Waals surface area contributed by atoms with Crippen molar-refractivity contribution < 1.29 is 41.8 Å². The average molecular weight is 631 g/mol. The van der Waals surface area contributed by atoms with Gasteiger partial charge in [-0.2, -0.15) is 0 Å². The quantitative estimate of drug-likeness (QED) is 0.269. The van der Waals surface area contributed by atoms with E-state index in [2.05, 4.69) is 10.6 Å². The fourth-order valence-electron chi connectivity index (χ4n) is 3.76. The van der Waals surface area contributed by atoms with Crippen molar-refractivity contribution in [3.8, 4) is 5.75 Å². The molecule has 14 heteroatoms. The molecule has 2 rings (SSSR count). The zero-order chi connectivity index (χ0) is 30.9. The zero-order valence-electron chi connectivity index (χ0n) is 22.9. The second-order valence-corrected chi connectivity index (χ2v) is 12.9. The van der Waals surface area contributed by atoms with Gasteiger partial charge >= 0.3 is 5.97 Å². The summed E-state index contributed by atoms with van der Waals surface area (Å²) in [6.07, 6.45) is 0.0236. The molecule has 2 aromatic carbocycles. The van der Waals surface area contributed by atoms with Crippen molar-refractivity contribution in [3.63, 3.8) is 0 Å². The molecule has 2 unspecified atom stereocenters. The summed E-state index contributed by atoms with van der Waals surface area (Å²) in [5.41, 5.74) is 0.480. The van der Waals surface area contributed by atoms with Crippen LogP contribution in [-0.4, -0.2) is 68.3 Å². The van der Waals surface area contributed by atoms with Crippen molar-refractivity contribution in [2.75, 3.05) is 19.1 Å². The fraction of sp³-hybridized carbons (Fsp3) is 0.407. The SMILES string of the molecule is COc1ccc(S(C)(=O)=O)cc1CC(=O)NC(C(=O)NC(CC(=O)O)C(=O)CSCc1c(F)cccc1Cl)C(C)C. The van der Waals surface area contributed by atoms with Crippen molar-refractivity contribution in [1.82, 2.24) is 10.6 Å². The second-order valence-electron chi connectivity index (χ2n) is 9.53. The van der Waals surface area contributed by atoms with Crippen LogP contribution in [0.3, 0.4) is 0 Å². The molecule has 2 amide bonds. The molecule has 0 saturated carbocycles. The Morgan fingerprint density at radius 2 is 1.80 bits per heavy atom. The Bertz CT molecular complexity index is 1380. The number of ketones is 1. The summed E-state index contributed by atoms with van der Waals surface area (Å²) >= 11 is 7.02. The van der Waals surface area contributed by atoms with Gasteiger partial charge in [-0.3, -0.25) is 19.2 Å². The summed E-state index contributed by atoms with van der Waals surface area (Å²) in [4.78, 5) is 50.3. The molecule has 0 fully saturated rings. The van der Waals surface area contributed by atoms with Crippen molar-refractivity contribution in [2.24, 2.45) is 5.92 Å². The second kappa shape index (κ2) is 15.2. The first-order valence-corrected chi connectivity index (χ1v) is 15.8. The van der Waals surface area contributed by atoms with E-state index in [0.717, 1.165) is 18.0 Å². The van der Waals surface area contributed by atoms with Crippen LogP contribution in [0.2, 0.25) is 5.02 Å². The number of aliphatic carboxylic acids is 1. The number of sulfone groups is 1.